The van der Waals surface area contributed by atoms with E-state index in [9.17, 15) is 4.79 Å². The van der Waals surface area contributed by atoms with Gasteiger partial charge in [0.05, 0.1) is 24.5 Å². The number of amides is 1. The fourth-order valence-electron chi connectivity index (χ4n) is 3.67. The number of piperidine rings is 1. The molecule has 3 aromatic rings. The van der Waals surface area contributed by atoms with E-state index in [4.69, 9.17) is 0 Å². The van der Waals surface area contributed by atoms with Crippen LogP contribution in [0.5, 0.6) is 0 Å². The number of para-hydroxylation sites is 1. The van der Waals surface area contributed by atoms with Crippen molar-refractivity contribution in [2.45, 2.75) is 45.8 Å². The van der Waals surface area contributed by atoms with Gasteiger partial charge >= 0.3 is 0 Å². The molecule has 0 aliphatic carbocycles. The maximum absolute atomic E-state index is 12.6. The molecule has 158 valence electrons. The van der Waals surface area contributed by atoms with Gasteiger partial charge in [-0.1, -0.05) is 25.1 Å². The topological polar surface area (TPSA) is 93.8 Å². The van der Waals surface area contributed by atoms with Crippen molar-refractivity contribution in [1.82, 2.24) is 40.2 Å². The Hall–Kier alpha value is -3.07. The molecule has 9 nitrogen and oxygen atoms in total. The fourth-order valence-corrected chi connectivity index (χ4v) is 3.67. The summed E-state index contributed by atoms with van der Waals surface area (Å²) in [6, 6.07) is 9.71. The summed E-state index contributed by atoms with van der Waals surface area (Å²) < 4.78 is 3.39. The normalized spacial score (nSPS) is 16.5. The molecule has 30 heavy (non-hydrogen) atoms. The van der Waals surface area contributed by atoms with Crippen LogP contribution in [-0.4, -0.2) is 53.9 Å². The number of benzene rings is 1. The van der Waals surface area contributed by atoms with Crippen LogP contribution in [0.2, 0.25) is 0 Å². The molecule has 0 radical (unpaired) electrons. The summed E-state index contributed by atoms with van der Waals surface area (Å²) in [5, 5.41) is 19.3. The highest BCUT2D eigenvalue weighted by molar-refractivity contribution is 5.76. The van der Waals surface area contributed by atoms with Crippen molar-refractivity contribution < 1.29 is 4.79 Å². The predicted octanol–water partition coefficient (Wildman–Crippen LogP) is 1.97. The molecular formula is C21H28N8O. The van der Waals surface area contributed by atoms with Crippen molar-refractivity contribution in [1.29, 1.82) is 0 Å². The minimum Gasteiger partial charge on any atom is -0.348 e. The molecule has 1 aliphatic rings. The third-order valence-electron chi connectivity index (χ3n) is 5.64. The lowest BCUT2D eigenvalue weighted by Crippen LogP contribution is -2.35. The highest BCUT2D eigenvalue weighted by atomic mass is 16.2. The Labute approximate surface area is 176 Å². The Morgan fingerprint density at radius 1 is 1.23 bits per heavy atom. The van der Waals surface area contributed by atoms with E-state index in [0.29, 0.717) is 6.54 Å². The number of nitrogens with zero attached hydrogens (tertiary/aromatic N) is 7. The van der Waals surface area contributed by atoms with Crippen LogP contribution in [0.3, 0.4) is 0 Å². The largest absolute Gasteiger partial charge is 0.348 e. The van der Waals surface area contributed by atoms with Gasteiger partial charge in [0.2, 0.25) is 5.91 Å². The third kappa shape index (κ3) is 4.91. The van der Waals surface area contributed by atoms with Gasteiger partial charge in [0.1, 0.15) is 6.54 Å². The molecule has 1 N–H and O–H groups in total. The van der Waals surface area contributed by atoms with Gasteiger partial charge in [0.25, 0.3) is 0 Å². The lowest BCUT2D eigenvalue weighted by atomic mass is 9.99. The molecule has 0 saturated carbocycles. The van der Waals surface area contributed by atoms with Crippen molar-refractivity contribution in [3.8, 4) is 5.69 Å². The van der Waals surface area contributed by atoms with Gasteiger partial charge in [-0.3, -0.25) is 9.69 Å². The maximum atomic E-state index is 12.6. The highest BCUT2D eigenvalue weighted by Crippen LogP contribution is 2.17. The van der Waals surface area contributed by atoms with E-state index in [2.05, 4.69) is 37.8 Å². The van der Waals surface area contributed by atoms with E-state index in [-0.39, 0.29) is 18.5 Å². The number of tetrazole rings is 1. The standard InChI is InChI=1S/C21H28N8O/c1-16-8-10-27(11-9-16)14-20-24-25-26-29(20)15-21(30)23-17(2)18-12-22-28(13-18)19-6-4-3-5-7-19/h3-7,12-13,16-17H,8-11,14-15H2,1-2H3,(H,23,30). The van der Waals surface area contributed by atoms with Crippen LogP contribution in [0, 0.1) is 5.92 Å². The summed E-state index contributed by atoms with van der Waals surface area (Å²) in [6.45, 7) is 7.09. The van der Waals surface area contributed by atoms with Crippen LogP contribution in [0.1, 0.15) is 44.1 Å². The van der Waals surface area contributed by atoms with E-state index < -0.39 is 0 Å². The van der Waals surface area contributed by atoms with Gasteiger partial charge in [-0.05, 0) is 61.3 Å². The van der Waals surface area contributed by atoms with E-state index in [1.165, 1.54) is 12.8 Å². The van der Waals surface area contributed by atoms with Crippen LogP contribution < -0.4 is 5.32 Å². The van der Waals surface area contributed by atoms with E-state index in [1.54, 1.807) is 15.6 Å². The number of likely N-dealkylation sites (tertiary alicyclic amines) is 1. The van der Waals surface area contributed by atoms with E-state index in [0.717, 1.165) is 36.1 Å². The molecule has 1 fully saturated rings. The molecule has 9 heteroatoms. The quantitative estimate of drug-likeness (QED) is 0.642. The summed E-state index contributed by atoms with van der Waals surface area (Å²) in [6.07, 6.45) is 6.09. The summed E-state index contributed by atoms with van der Waals surface area (Å²) in [4.78, 5) is 14.9. The first-order valence-corrected chi connectivity index (χ1v) is 10.4. The Morgan fingerprint density at radius 2 is 2.00 bits per heavy atom. The number of hydrogen-bond acceptors (Lipinski definition) is 6. The second kappa shape index (κ2) is 9.17. The van der Waals surface area contributed by atoms with Crippen LogP contribution in [0.4, 0.5) is 0 Å². The second-order valence-corrected chi connectivity index (χ2v) is 8.05. The first kappa shape index (κ1) is 20.2. The van der Waals surface area contributed by atoms with E-state index in [1.807, 2.05) is 43.5 Å². The maximum Gasteiger partial charge on any atom is 0.242 e. The lowest BCUT2D eigenvalue weighted by molar-refractivity contribution is -0.122. The summed E-state index contributed by atoms with van der Waals surface area (Å²) in [5.74, 6) is 1.37. The lowest BCUT2D eigenvalue weighted by Gasteiger charge is -2.29. The van der Waals surface area contributed by atoms with Gasteiger partial charge in [-0.25, -0.2) is 9.36 Å². The number of aromatic nitrogens is 6. The molecule has 1 unspecified atom stereocenters. The number of nitrogens with one attached hydrogen (secondary N) is 1. The molecule has 1 atom stereocenters. The zero-order valence-corrected chi connectivity index (χ0v) is 17.5. The van der Waals surface area contributed by atoms with E-state index >= 15 is 0 Å². The molecule has 1 saturated heterocycles. The minimum absolute atomic E-state index is 0.101. The molecule has 1 aliphatic heterocycles. The van der Waals surface area contributed by atoms with Crippen molar-refractivity contribution in [2.24, 2.45) is 5.92 Å². The minimum atomic E-state index is -0.168. The monoisotopic (exact) mass is 408 g/mol. The molecular weight excluding hydrogens is 380 g/mol. The smallest absolute Gasteiger partial charge is 0.242 e. The highest BCUT2D eigenvalue weighted by Gasteiger charge is 2.20. The molecule has 2 aromatic heterocycles. The van der Waals surface area contributed by atoms with Gasteiger partial charge in [-0.2, -0.15) is 5.10 Å². The van der Waals surface area contributed by atoms with Gasteiger partial charge < -0.3 is 5.32 Å². The van der Waals surface area contributed by atoms with Crippen molar-refractivity contribution in [3.05, 3.63) is 54.1 Å². The number of hydrogen-bond donors (Lipinski definition) is 1. The van der Waals surface area contributed by atoms with Crippen molar-refractivity contribution >= 4 is 5.91 Å². The SMILES string of the molecule is CC1CCN(Cc2nnnn2CC(=O)NC(C)c2cnn(-c3ccccc3)c2)CC1. The first-order chi connectivity index (χ1) is 14.6. The molecule has 4 rings (SSSR count). The van der Waals surface area contributed by atoms with Crippen LogP contribution in [0.15, 0.2) is 42.7 Å². The van der Waals surface area contributed by atoms with Gasteiger partial charge in [0.15, 0.2) is 5.82 Å². The zero-order chi connectivity index (χ0) is 20.9. The van der Waals surface area contributed by atoms with Gasteiger partial charge in [0, 0.05) is 11.8 Å². The molecule has 0 spiro atoms. The van der Waals surface area contributed by atoms with Crippen LogP contribution >= 0.6 is 0 Å². The average Bonchev–Trinajstić information content (AvgIpc) is 3.40. The number of carbonyl (C=O) groups excluding carboxylic acids is 1. The summed E-state index contributed by atoms with van der Waals surface area (Å²) in [5.41, 5.74) is 1.92. The third-order valence-corrected chi connectivity index (χ3v) is 5.64. The second-order valence-electron chi connectivity index (χ2n) is 8.05. The summed E-state index contributed by atoms with van der Waals surface area (Å²) >= 11 is 0. The predicted molar refractivity (Wildman–Crippen MR) is 112 cm³/mol. The van der Waals surface area contributed by atoms with Crippen molar-refractivity contribution in [3.63, 3.8) is 0 Å². The first-order valence-electron chi connectivity index (χ1n) is 10.4. The molecule has 1 aromatic carbocycles. The zero-order valence-electron chi connectivity index (χ0n) is 17.5. The number of carbonyl (C=O) groups is 1. The fraction of sp³-hybridized carbons (Fsp3) is 0.476. The summed E-state index contributed by atoms with van der Waals surface area (Å²) in [7, 11) is 0. The van der Waals surface area contributed by atoms with Gasteiger partial charge in [-0.15, -0.1) is 5.10 Å². The Balaban J connectivity index is 1.33. The Kier molecular flexibility index (Phi) is 6.18. The molecule has 1 amide bonds. The van der Waals surface area contributed by atoms with Crippen LogP contribution in [-0.2, 0) is 17.9 Å². The van der Waals surface area contributed by atoms with Crippen LogP contribution in [0.25, 0.3) is 5.69 Å². The molecule has 3 heterocycles. The number of rotatable bonds is 7. The van der Waals surface area contributed by atoms with Crippen molar-refractivity contribution in [2.75, 3.05) is 13.1 Å². The molecule has 0 bridgehead atoms. The Morgan fingerprint density at radius 3 is 2.77 bits per heavy atom. The average molecular weight is 409 g/mol. The Bertz CT molecular complexity index is 958.